The van der Waals surface area contributed by atoms with Crippen LogP contribution in [0, 0.1) is 20.8 Å². The number of nitrogens with one attached hydrogen (secondary N) is 1. The number of anilines is 2. The second-order valence-electron chi connectivity index (χ2n) is 9.90. The Morgan fingerprint density at radius 2 is 1.58 bits per heavy atom. The molecule has 12 heteroatoms. The Labute approximate surface area is 252 Å². The number of ether oxygens (including phenoxy) is 1. The average molecular weight is 599 g/mol. The van der Waals surface area contributed by atoms with Gasteiger partial charge in [0, 0.05) is 18.4 Å². The Bertz CT molecular complexity index is 1820. The summed E-state index contributed by atoms with van der Waals surface area (Å²) < 4.78 is 8.45. The number of esters is 1. The van der Waals surface area contributed by atoms with Crippen LogP contribution in [0.3, 0.4) is 0 Å². The second kappa shape index (κ2) is 12.1. The van der Waals surface area contributed by atoms with Gasteiger partial charge in [-0.15, -0.1) is 0 Å². The van der Waals surface area contributed by atoms with Gasteiger partial charge in [-0.05, 0) is 69.3 Å². The van der Waals surface area contributed by atoms with Crippen molar-refractivity contribution < 1.29 is 19.1 Å². The molecule has 11 nitrogen and oxygen atoms in total. The van der Waals surface area contributed by atoms with Crippen LogP contribution >= 0.6 is 11.8 Å². The lowest BCUT2D eigenvalue weighted by atomic mass is 10.1. The number of aryl methyl sites for hydroxylation is 2. The Kier molecular flexibility index (Phi) is 8.31. The zero-order valence-corrected chi connectivity index (χ0v) is 25.2. The minimum atomic E-state index is -0.735. The van der Waals surface area contributed by atoms with Crippen LogP contribution in [0.5, 0.6) is 0 Å². The van der Waals surface area contributed by atoms with E-state index in [1.807, 2.05) is 25.1 Å². The normalized spacial score (nSPS) is 13.2. The Morgan fingerprint density at radius 1 is 0.930 bits per heavy atom. The zero-order valence-electron chi connectivity index (χ0n) is 24.4. The lowest BCUT2D eigenvalue weighted by Crippen LogP contribution is -2.34. The van der Waals surface area contributed by atoms with Gasteiger partial charge < -0.3 is 10.1 Å². The van der Waals surface area contributed by atoms with Crippen LogP contribution in [-0.2, 0) is 21.4 Å². The maximum atomic E-state index is 14.1. The van der Waals surface area contributed by atoms with Gasteiger partial charge in [0.1, 0.15) is 16.3 Å². The molecule has 0 atom stereocenters. The highest BCUT2D eigenvalue weighted by atomic mass is 32.2. The van der Waals surface area contributed by atoms with E-state index in [0.717, 1.165) is 16.7 Å². The van der Waals surface area contributed by atoms with E-state index in [4.69, 9.17) is 4.74 Å². The first-order valence-corrected chi connectivity index (χ1v) is 14.4. The van der Waals surface area contributed by atoms with Crippen LogP contribution in [0.15, 0.2) is 81.2 Å². The van der Waals surface area contributed by atoms with Gasteiger partial charge in [0.15, 0.2) is 5.16 Å². The van der Waals surface area contributed by atoms with Gasteiger partial charge >= 0.3 is 5.97 Å². The van der Waals surface area contributed by atoms with Crippen LogP contribution in [-0.4, -0.2) is 43.7 Å². The van der Waals surface area contributed by atoms with E-state index in [-0.39, 0.29) is 39.3 Å². The number of rotatable bonds is 9. The fraction of sp³-hybridized carbons (Fsp3) is 0.226. The molecule has 2 aromatic heterocycles. The number of thioether (sulfide) groups is 1. The maximum Gasteiger partial charge on any atom is 0.340 e. The predicted molar refractivity (Wildman–Crippen MR) is 163 cm³/mol. The van der Waals surface area contributed by atoms with E-state index < -0.39 is 23.3 Å². The summed E-state index contributed by atoms with van der Waals surface area (Å²) in [7, 11) is 1.73. The quantitative estimate of drug-likeness (QED) is 0.169. The molecular weight excluding hydrogens is 568 g/mol. The standard InChI is InChI=1S/C31H30N6O5S/c1-6-16-42-30(41)22-14-10-11-15-23(22)36-27(38)25(26(29(36)40)43-31-32-18(2)17-19(3)33-31)34-24-20(4)35(5)37(28(24)39)21-12-8-7-9-13-21/h7-15,17,34H,6,16H2,1-5H3. The van der Waals surface area contributed by atoms with E-state index in [1.54, 1.807) is 62.8 Å². The predicted octanol–water partition coefficient (Wildman–Crippen LogP) is 4.45. The summed E-state index contributed by atoms with van der Waals surface area (Å²) in [6.45, 7) is 7.40. The van der Waals surface area contributed by atoms with Crippen molar-refractivity contribution in [2.24, 2.45) is 7.05 Å². The van der Waals surface area contributed by atoms with Crippen LogP contribution < -0.4 is 15.8 Å². The highest BCUT2D eigenvalue weighted by Crippen LogP contribution is 2.38. The molecule has 3 heterocycles. The number of para-hydroxylation sites is 2. The number of hydrogen-bond acceptors (Lipinski definition) is 9. The molecular formula is C31H30N6O5S. The largest absolute Gasteiger partial charge is 0.462 e. The number of carbonyl (C=O) groups excluding carboxylic acids is 3. The summed E-state index contributed by atoms with van der Waals surface area (Å²) in [6.07, 6.45) is 0.610. The molecule has 1 N–H and O–H groups in total. The highest BCUT2D eigenvalue weighted by Gasteiger charge is 2.43. The third-order valence-electron chi connectivity index (χ3n) is 6.80. The summed E-state index contributed by atoms with van der Waals surface area (Å²) in [4.78, 5) is 64.5. The van der Waals surface area contributed by atoms with Crippen molar-refractivity contribution in [3.8, 4) is 5.69 Å². The molecule has 220 valence electrons. The number of carbonyl (C=O) groups is 3. The van der Waals surface area contributed by atoms with Crippen LogP contribution in [0.1, 0.15) is 40.8 Å². The monoisotopic (exact) mass is 598 g/mol. The van der Waals surface area contributed by atoms with E-state index >= 15 is 0 Å². The smallest absolute Gasteiger partial charge is 0.340 e. The van der Waals surface area contributed by atoms with E-state index in [0.29, 0.717) is 29.2 Å². The SMILES string of the molecule is CCCOC(=O)c1ccccc1N1C(=O)C(Nc2c(C)n(C)n(-c3ccccc3)c2=O)=C(Sc2nc(C)cc(C)n2)C1=O. The first-order valence-electron chi connectivity index (χ1n) is 13.6. The molecule has 0 saturated carbocycles. The van der Waals surface area contributed by atoms with Gasteiger partial charge in [-0.25, -0.2) is 24.3 Å². The van der Waals surface area contributed by atoms with E-state index in [2.05, 4.69) is 15.3 Å². The molecule has 2 aromatic carbocycles. The Morgan fingerprint density at radius 3 is 2.26 bits per heavy atom. The first kappa shape index (κ1) is 29.5. The molecule has 0 spiro atoms. The Hall–Kier alpha value is -4.97. The summed E-state index contributed by atoms with van der Waals surface area (Å²) in [6, 6.07) is 17.1. The third kappa shape index (κ3) is 5.61. The first-order chi connectivity index (χ1) is 20.6. The minimum absolute atomic E-state index is 0.0133. The summed E-state index contributed by atoms with van der Waals surface area (Å²) >= 11 is 0.915. The molecule has 0 radical (unpaired) electrons. The molecule has 0 unspecified atom stereocenters. The van der Waals surface area contributed by atoms with E-state index in [1.165, 1.54) is 16.8 Å². The van der Waals surface area contributed by atoms with Crippen molar-refractivity contribution in [3.05, 3.63) is 104 Å². The molecule has 0 fully saturated rings. The van der Waals surface area contributed by atoms with Gasteiger partial charge in [-0.2, -0.15) is 0 Å². The van der Waals surface area contributed by atoms with Crippen LogP contribution in [0.25, 0.3) is 5.69 Å². The molecule has 2 amide bonds. The van der Waals surface area contributed by atoms with E-state index in [9.17, 15) is 19.2 Å². The summed E-state index contributed by atoms with van der Waals surface area (Å²) in [5.74, 6) is -2.08. The zero-order chi connectivity index (χ0) is 30.8. The van der Waals surface area contributed by atoms with Crippen molar-refractivity contribution in [2.75, 3.05) is 16.8 Å². The van der Waals surface area contributed by atoms with Gasteiger partial charge in [-0.3, -0.25) is 19.1 Å². The molecule has 1 aliphatic heterocycles. The lowest BCUT2D eigenvalue weighted by Gasteiger charge is -2.18. The lowest BCUT2D eigenvalue weighted by molar-refractivity contribution is -0.120. The number of aromatic nitrogens is 4. The van der Waals surface area contributed by atoms with Crippen LogP contribution in [0.4, 0.5) is 11.4 Å². The van der Waals surface area contributed by atoms with Gasteiger partial charge in [0.25, 0.3) is 17.4 Å². The molecule has 5 rings (SSSR count). The Balaban J connectivity index is 1.63. The molecule has 0 saturated heterocycles. The summed E-state index contributed by atoms with van der Waals surface area (Å²) in [5.41, 5.74) is 2.27. The molecule has 1 aliphatic rings. The van der Waals surface area contributed by atoms with Crippen LogP contribution in [0.2, 0.25) is 0 Å². The van der Waals surface area contributed by atoms with Crippen molar-refractivity contribution >= 4 is 40.9 Å². The number of hydrogen-bond donors (Lipinski definition) is 1. The topological polar surface area (TPSA) is 128 Å². The van der Waals surface area contributed by atoms with Crippen molar-refractivity contribution in [3.63, 3.8) is 0 Å². The fourth-order valence-corrected chi connectivity index (χ4v) is 5.70. The molecule has 0 aliphatic carbocycles. The van der Waals surface area contributed by atoms with Gasteiger partial charge in [0.05, 0.1) is 29.2 Å². The molecule has 43 heavy (non-hydrogen) atoms. The minimum Gasteiger partial charge on any atom is -0.462 e. The number of amides is 2. The number of benzene rings is 2. The number of nitrogens with zero attached hydrogens (tertiary/aromatic N) is 5. The van der Waals surface area contributed by atoms with Crippen molar-refractivity contribution in [2.45, 2.75) is 39.3 Å². The van der Waals surface area contributed by atoms with Crippen molar-refractivity contribution in [1.82, 2.24) is 19.3 Å². The second-order valence-corrected chi connectivity index (χ2v) is 10.9. The summed E-state index contributed by atoms with van der Waals surface area (Å²) in [5, 5.41) is 3.25. The maximum absolute atomic E-state index is 14.1. The van der Waals surface area contributed by atoms with Crippen molar-refractivity contribution in [1.29, 1.82) is 0 Å². The van der Waals surface area contributed by atoms with Gasteiger partial charge in [-0.1, -0.05) is 37.3 Å². The average Bonchev–Trinajstić information content (AvgIpc) is 3.34. The number of imide groups is 1. The molecule has 4 aromatic rings. The fourth-order valence-electron chi connectivity index (χ4n) is 4.71. The van der Waals surface area contributed by atoms with Gasteiger partial charge in [0.2, 0.25) is 0 Å². The third-order valence-corrected chi connectivity index (χ3v) is 7.75. The molecule has 0 bridgehead atoms. The highest BCUT2D eigenvalue weighted by molar-refractivity contribution is 8.04.